The molecule has 0 heterocycles. The topological polar surface area (TPSA) is 0 Å². The second kappa shape index (κ2) is 4.54. The maximum atomic E-state index is 13.3. The first-order valence-electron chi connectivity index (χ1n) is 5.69. The monoisotopic (exact) mass is 300 g/mol. The van der Waals surface area contributed by atoms with E-state index in [9.17, 15) is 4.39 Å². The number of halogens is 2. The van der Waals surface area contributed by atoms with Gasteiger partial charge in [0.15, 0.2) is 0 Å². The van der Waals surface area contributed by atoms with Gasteiger partial charge < -0.3 is 0 Å². The van der Waals surface area contributed by atoms with E-state index in [1.54, 1.807) is 12.1 Å². The third-order valence-electron chi connectivity index (χ3n) is 3.01. The Balaban J connectivity index is 2.33. The number of hydrogen-bond donors (Lipinski definition) is 0. The van der Waals surface area contributed by atoms with Crippen molar-refractivity contribution in [1.82, 2.24) is 0 Å². The minimum Gasteiger partial charge on any atom is -0.207 e. The molecule has 0 bridgehead atoms. The lowest BCUT2D eigenvalue weighted by Crippen LogP contribution is -1.83. The van der Waals surface area contributed by atoms with Gasteiger partial charge in [-0.15, -0.1) is 0 Å². The van der Waals surface area contributed by atoms with Crippen molar-refractivity contribution in [1.29, 1.82) is 0 Å². The standard InChI is InChI=1S/C16H10BrF/c17-16-9-8-13(11-4-3-5-12(18)10-11)14-6-1-2-7-15(14)16/h1-10H. The van der Waals surface area contributed by atoms with Gasteiger partial charge in [-0.1, -0.05) is 58.4 Å². The van der Waals surface area contributed by atoms with E-state index in [1.807, 2.05) is 30.3 Å². The molecule has 0 saturated heterocycles. The van der Waals surface area contributed by atoms with Crippen molar-refractivity contribution in [3.05, 3.63) is 71.0 Å². The Morgan fingerprint density at radius 2 is 1.56 bits per heavy atom. The predicted octanol–water partition coefficient (Wildman–Crippen LogP) is 5.41. The van der Waals surface area contributed by atoms with Gasteiger partial charge >= 0.3 is 0 Å². The molecule has 0 spiro atoms. The zero-order valence-corrected chi connectivity index (χ0v) is 11.1. The number of rotatable bonds is 1. The van der Waals surface area contributed by atoms with Crippen molar-refractivity contribution in [3.8, 4) is 11.1 Å². The van der Waals surface area contributed by atoms with Crippen molar-refractivity contribution < 1.29 is 4.39 Å². The van der Waals surface area contributed by atoms with E-state index in [-0.39, 0.29) is 5.82 Å². The van der Waals surface area contributed by atoms with Crippen LogP contribution in [0.1, 0.15) is 0 Å². The Labute approximate surface area is 113 Å². The first kappa shape index (κ1) is 11.4. The van der Waals surface area contributed by atoms with Gasteiger partial charge in [-0.25, -0.2) is 4.39 Å². The highest BCUT2D eigenvalue weighted by molar-refractivity contribution is 9.10. The summed E-state index contributed by atoms with van der Waals surface area (Å²) in [6, 6.07) is 18.8. The summed E-state index contributed by atoms with van der Waals surface area (Å²) in [5.41, 5.74) is 1.95. The molecule has 0 atom stereocenters. The Bertz CT molecular complexity index is 719. The normalized spacial score (nSPS) is 10.8. The minimum atomic E-state index is -0.209. The van der Waals surface area contributed by atoms with Gasteiger partial charge in [0.25, 0.3) is 0 Å². The molecule has 0 N–H and O–H groups in total. The summed E-state index contributed by atoms with van der Waals surface area (Å²) in [5.74, 6) is -0.209. The molecule has 3 aromatic carbocycles. The summed E-state index contributed by atoms with van der Waals surface area (Å²) in [4.78, 5) is 0. The van der Waals surface area contributed by atoms with Gasteiger partial charge in [0.2, 0.25) is 0 Å². The highest BCUT2D eigenvalue weighted by atomic mass is 79.9. The summed E-state index contributed by atoms with van der Waals surface area (Å²) in [7, 11) is 0. The summed E-state index contributed by atoms with van der Waals surface area (Å²) < 4.78 is 14.4. The highest BCUT2D eigenvalue weighted by Crippen LogP contribution is 2.33. The molecule has 0 aliphatic carbocycles. The lowest BCUT2D eigenvalue weighted by atomic mass is 9.98. The number of fused-ring (bicyclic) bond motifs is 1. The SMILES string of the molecule is Fc1cccc(-c2ccc(Br)c3ccccc23)c1. The van der Waals surface area contributed by atoms with Gasteiger partial charge in [0.05, 0.1) is 0 Å². The molecule has 0 amide bonds. The van der Waals surface area contributed by atoms with Crippen molar-refractivity contribution in [2.45, 2.75) is 0 Å². The molecule has 18 heavy (non-hydrogen) atoms. The van der Waals surface area contributed by atoms with Gasteiger partial charge in [0.1, 0.15) is 5.82 Å². The average molecular weight is 301 g/mol. The maximum absolute atomic E-state index is 13.3. The third kappa shape index (κ3) is 1.93. The fraction of sp³-hybridized carbons (Fsp3) is 0. The molecular formula is C16H10BrF. The Morgan fingerprint density at radius 1 is 0.778 bits per heavy atom. The van der Waals surface area contributed by atoms with Gasteiger partial charge in [-0.05, 0) is 40.1 Å². The van der Waals surface area contributed by atoms with Gasteiger partial charge in [-0.2, -0.15) is 0 Å². The maximum Gasteiger partial charge on any atom is 0.123 e. The van der Waals surface area contributed by atoms with E-state index in [0.717, 1.165) is 26.4 Å². The molecule has 0 aliphatic heterocycles. The van der Waals surface area contributed by atoms with Crippen LogP contribution in [0.3, 0.4) is 0 Å². The zero-order valence-electron chi connectivity index (χ0n) is 9.53. The lowest BCUT2D eigenvalue weighted by Gasteiger charge is -2.08. The van der Waals surface area contributed by atoms with E-state index in [2.05, 4.69) is 28.1 Å². The summed E-state index contributed by atoms with van der Waals surface area (Å²) in [6.45, 7) is 0. The van der Waals surface area contributed by atoms with Crippen LogP contribution in [0, 0.1) is 5.82 Å². The molecular weight excluding hydrogens is 291 g/mol. The van der Waals surface area contributed by atoms with Crippen LogP contribution >= 0.6 is 15.9 Å². The van der Waals surface area contributed by atoms with Gasteiger partial charge in [0, 0.05) is 4.47 Å². The molecule has 0 aliphatic rings. The minimum absolute atomic E-state index is 0.209. The summed E-state index contributed by atoms with van der Waals surface area (Å²) in [5, 5.41) is 2.26. The highest BCUT2D eigenvalue weighted by Gasteiger charge is 2.06. The van der Waals surface area contributed by atoms with Crippen LogP contribution in [0.15, 0.2) is 65.1 Å². The average Bonchev–Trinajstić information content (AvgIpc) is 2.39. The first-order valence-corrected chi connectivity index (χ1v) is 6.48. The Hall–Kier alpha value is -1.67. The van der Waals surface area contributed by atoms with Crippen LogP contribution in [-0.4, -0.2) is 0 Å². The van der Waals surface area contributed by atoms with Crippen LogP contribution in [0.25, 0.3) is 21.9 Å². The zero-order chi connectivity index (χ0) is 12.5. The van der Waals surface area contributed by atoms with Crippen LogP contribution in [-0.2, 0) is 0 Å². The summed E-state index contributed by atoms with van der Waals surface area (Å²) in [6.07, 6.45) is 0. The van der Waals surface area contributed by atoms with Crippen molar-refractivity contribution >= 4 is 26.7 Å². The smallest absolute Gasteiger partial charge is 0.123 e. The van der Waals surface area contributed by atoms with E-state index >= 15 is 0 Å². The molecule has 0 aromatic heterocycles. The molecule has 0 saturated carbocycles. The van der Waals surface area contributed by atoms with E-state index in [1.165, 1.54) is 6.07 Å². The van der Waals surface area contributed by atoms with Crippen LogP contribution < -0.4 is 0 Å². The fourth-order valence-corrected chi connectivity index (χ4v) is 2.65. The van der Waals surface area contributed by atoms with Crippen LogP contribution in [0.2, 0.25) is 0 Å². The van der Waals surface area contributed by atoms with E-state index in [0.29, 0.717) is 0 Å². The largest absolute Gasteiger partial charge is 0.207 e. The van der Waals surface area contributed by atoms with Crippen molar-refractivity contribution in [3.63, 3.8) is 0 Å². The Kier molecular flexibility index (Phi) is 2.88. The molecule has 88 valence electrons. The second-order valence-electron chi connectivity index (χ2n) is 4.15. The fourth-order valence-electron chi connectivity index (χ4n) is 2.17. The van der Waals surface area contributed by atoms with Crippen LogP contribution in [0.4, 0.5) is 4.39 Å². The van der Waals surface area contributed by atoms with Crippen molar-refractivity contribution in [2.24, 2.45) is 0 Å². The lowest BCUT2D eigenvalue weighted by molar-refractivity contribution is 0.628. The quantitative estimate of drug-likeness (QED) is 0.564. The first-order chi connectivity index (χ1) is 8.75. The molecule has 0 nitrogen and oxygen atoms in total. The molecule has 3 rings (SSSR count). The molecule has 0 unspecified atom stereocenters. The number of hydrogen-bond acceptors (Lipinski definition) is 0. The predicted molar refractivity (Wildman–Crippen MR) is 77.0 cm³/mol. The second-order valence-corrected chi connectivity index (χ2v) is 5.01. The van der Waals surface area contributed by atoms with Crippen molar-refractivity contribution in [2.75, 3.05) is 0 Å². The van der Waals surface area contributed by atoms with E-state index < -0.39 is 0 Å². The van der Waals surface area contributed by atoms with Crippen LogP contribution in [0.5, 0.6) is 0 Å². The molecule has 2 heteroatoms. The van der Waals surface area contributed by atoms with E-state index in [4.69, 9.17) is 0 Å². The molecule has 0 fully saturated rings. The summed E-state index contributed by atoms with van der Waals surface area (Å²) >= 11 is 3.54. The number of benzene rings is 3. The van der Waals surface area contributed by atoms with Gasteiger partial charge in [-0.3, -0.25) is 0 Å². The Morgan fingerprint density at radius 3 is 2.33 bits per heavy atom. The molecule has 3 aromatic rings. The third-order valence-corrected chi connectivity index (χ3v) is 3.70. The molecule has 0 radical (unpaired) electrons.